The lowest BCUT2D eigenvalue weighted by Crippen LogP contribution is -2.18. The van der Waals surface area contributed by atoms with E-state index in [2.05, 4.69) is 6.26 Å². The number of nitrogens with zero attached hydrogens (tertiary/aromatic N) is 1. The largest absolute Gasteiger partial charge is 0.302 e. The first-order chi connectivity index (χ1) is 3.66. The number of rotatable bonds is 2. The number of hydrogen-bond donors (Lipinski definition) is 0. The highest BCUT2D eigenvalue weighted by Gasteiger charge is 1.97. The molecule has 3 heteroatoms. The van der Waals surface area contributed by atoms with Crippen LogP contribution in [0.25, 0.3) is 0 Å². The quantitative estimate of drug-likeness (QED) is 0.548. The van der Waals surface area contributed by atoms with Crippen LogP contribution in [0.4, 0.5) is 0 Å². The summed E-state index contributed by atoms with van der Waals surface area (Å²) in [5.41, 5.74) is 0. The molecule has 0 bridgehead atoms. The van der Waals surface area contributed by atoms with E-state index in [1.165, 1.54) is 0 Å². The van der Waals surface area contributed by atoms with E-state index < -0.39 is 0 Å². The van der Waals surface area contributed by atoms with Gasteiger partial charge < -0.3 is 4.90 Å². The predicted molar refractivity (Wildman–Crippen MR) is 36.5 cm³/mol. The van der Waals surface area contributed by atoms with Crippen molar-refractivity contribution in [2.45, 2.75) is 0 Å². The number of carbonyl (C=O) groups excluding carboxylic acids is 1. The average Bonchev–Trinajstić information content (AvgIpc) is 1.65. The third-order valence-corrected chi connectivity index (χ3v) is 1.06. The van der Waals surface area contributed by atoms with Crippen molar-refractivity contribution in [2.75, 3.05) is 20.6 Å². The summed E-state index contributed by atoms with van der Waals surface area (Å²) in [7, 11) is 3.71. The molecule has 0 aromatic rings. The molecule has 0 amide bonds. The molecule has 0 saturated heterocycles. The van der Waals surface area contributed by atoms with Crippen LogP contribution < -0.4 is 0 Å². The van der Waals surface area contributed by atoms with Gasteiger partial charge >= 0.3 is 0 Å². The van der Waals surface area contributed by atoms with Crippen LogP contribution in [0, 0.1) is 6.26 Å². The Morgan fingerprint density at radius 3 is 2.38 bits per heavy atom. The van der Waals surface area contributed by atoms with Gasteiger partial charge in [0, 0.05) is 6.26 Å². The van der Waals surface area contributed by atoms with Crippen LogP contribution in [0.5, 0.6) is 0 Å². The van der Waals surface area contributed by atoms with Crippen molar-refractivity contribution in [3.8, 4) is 0 Å². The predicted octanol–water partition coefficient (Wildman–Crippen LogP) is 0.599. The fraction of sp³-hybridized carbons (Fsp3) is 0.600. The summed E-state index contributed by atoms with van der Waals surface area (Å²) in [6, 6.07) is 0. The van der Waals surface area contributed by atoms with Gasteiger partial charge in [-0.25, -0.2) is 0 Å². The fourth-order valence-electron chi connectivity index (χ4n) is 0.304. The first kappa shape index (κ1) is 7.98. The molecular formula is C5H10NOS. The lowest BCUT2D eigenvalue weighted by Gasteiger charge is -2.04. The Bertz CT molecular complexity index is 82.5. The molecule has 0 fully saturated rings. The van der Waals surface area contributed by atoms with Gasteiger partial charge in [-0.15, -0.1) is 0 Å². The van der Waals surface area contributed by atoms with Crippen LogP contribution in [0.3, 0.4) is 0 Å². The van der Waals surface area contributed by atoms with E-state index >= 15 is 0 Å². The van der Waals surface area contributed by atoms with E-state index in [0.29, 0.717) is 6.54 Å². The molecule has 0 N–H and O–H groups in total. The zero-order valence-electron chi connectivity index (χ0n) is 5.18. The Labute approximate surface area is 54.2 Å². The molecule has 0 aromatic heterocycles. The summed E-state index contributed by atoms with van der Waals surface area (Å²) >= 11 is 1.02. The third-order valence-electron chi connectivity index (χ3n) is 0.606. The molecule has 47 valence electrons. The van der Waals surface area contributed by atoms with Gasteiger partial charge in [0.1, 0.15) is 0 Å². The normalized spacial score (nSPS) is 10.0. The van der Waals surface area contributed by atoms with Crippen molar-refractivity contribution >= 4 is 16.9 Å². The first-order valence-corrected chi connectivity index (χ1v) is 3.25. The molecule has 0 heterocycles. The molecule has 0 saturated carbocycles. The molecule has 0 atom stereocenters. The van der Waals surface area contributed by atoms with Gasteiger partial charge in [-0.2, -0.15) is 0 Å². The van der Waals surface area contributed by atoms with Crippen LogP contribution in [-0.4, -0.2) is 30.7 Å². The van der Waals surface area contributed by atoms with Gasteiger partial charge in [0.05, 0.1) is 6.54 Å². The lowest BCUT2D eigenvalue weighted by molar-refractivity contribution is -0.111. The van der Waals surface area contributed by atoms with E-state index in [-0.39, 0.29) is 5.12 Å². The summed E-state index contributed by atoms with van der Waals surface area (Å²) in [5.74, 6) is 0. The maximum absolute atomic E-state index is 10.5. The topological polar surface area (TPSA) is 20.3 Å². The Kier molecular flexibility index (Phi) is 3.91. The van der Waals surface area contributed by atoms with Gasteiger partial charge in [-0.3, -0.25) is 4.79 Å². The minimum atomic E-state index is 0.106. The Balaban J connectivity index is 3.25. The molecule has 2 nitrogen and oxygen atoms in total. The second-order valence-corrected chi connectivity index (χ2v) is 2.50. The van der Waals surface area contributed by atoms with E-state index in [9.17, 15) is 4.79 Å². The van der Waals surface area contributed by atoms with Crippen molar-refractivity contribution < 1.29 is 4.79 Å². The Morgan fingerprint density at radius 2 is 2.25 bits per heavy atom. The lowest BCUT2D eigenvalue weighted by atomic mass is 10.7. The van der Waals surface area contributed by atoms with Crippen molar-refractivity contribution in [1.82, 2.24) is 4.90 Å². The standard InChI is InChI=1S/C5H10NOS/c1-6(2)4-5(7)8-3/h3-4H2,1-2H3. The maximum atomic E-state index is 10.5. The van der Waals surface area contributed by atoms with Crippen molar-refractivity contribution in [2.24, 2.45) is 0 Å². The second kappa shape index (κ2) is 3.92. The Hall–Kier alpha value is -0.0200. The maximum Gasteiger partial charge on any atom is 0.202 e. The van der Waals surface area contributed by atoms with Gasteiger partial charge in [0.15, 0.2) is 0 Å². The second-order valence-electron chi connectivity index (χ2n) is 1.75. The van der Waals surface area contributed by atoms with Crippen LogP contribution in [0.2, 0.25) is 0 Å². The van der Waals surface area contributed by atoms with Crippen LogP contribution >= 0.6 is 11.8 Å². The highest BCUT2D eigenvalue weighted by molar-refractivity contribution is 8.14. The third kappa shape index (κ3) is 4.15. The van der Waals surface area contributed by atoms with E-state index in [4.69, 9.17) is 0 Å². The minimum Gasteiger partial charge on any atom is -0.302 e. The number of thioether (sulfide) groups is 1. The molecule has 0 rings (SSSR count). The van der Waals surface area contributed by atoms with Gasteiger partial charge in [-0.1, -0.05) is 11.8 Å². The molecule has 8 heavy (non-hydrogen) atoms. The number of carbonyl (C=O) groups is 1. The molecule has 0 aliphatic heterocycles. The molecule has 1 radical (unpaired) electrons. The average molecular weight is 132 g/mol. The summed E-state index contributed by atoms with van der Waals surface area (Å²) in [6.07, 6.45) is 3.38. The molecule has 0 aliphatic carbocycles. The summed E-state index contributed by atoms with van der Waals surface area (Å²) in [5, 5.41) is 0.106. The van der Waals surface area contributed by atoms with Gasteiger partial charge in [0.25, 0.3) is 0 Å². The fourth-order valence-corrected chi connectivity index (χ4v) is 0.653. The highest BCUT2D eigenvalue weighted by Crippen LogP contribution is 1.96. The number of hydrogen-bond acceptors (Lipinski definition) is 3. The van der Waals surface area contributed by atoms with Crippen LogP contribution in [0.1, 0.15) is 0 Å². The molecule has 0 aromatic carbocycles. The number of likely N-dealkylation sites (N-methyl/N-ethyl adjacent to an activating group) is 1. The zero-order valence-corrected chi connectivity index (χ0v) is 5.99. The van der Waals surface area contributed by atoms with E-state index in [0.717, 1.165) is 11.8 Å². The van der Waals surface area contributed by atoms with Crippen molar-refractivity contribution in [3.63, 3.8) is 0 Å². The Morgan fingerprint density at radius 1 is 1.75 bits per heavy atom. The minimum absolute atomic E-state index is 0.106. The van der Waals surface area contributed by atoms with Gasteiger partial charge in [-0.05, 0) is 14.1 Å². The van der Waals surface area contributed by atoms with Crippen LogP contribution in [-0.2, 0) is 4.79 Å². The monoisotopic (exact) mass is 132 g/mol. The summed E-state index contributed by atoms with van der Waals surface area (Å²) in [6.45, 7) is 0.480. The SMILES string of the molecule is [CH2]SC(=O)CN(C)C. The summed E-state index contributed by atoms with van der Waals surface area (Å²) < 4.78 is 0. The van der Waals surface area contributed by atoms with Crippen molar-refractivity contribution in [1.29, 1.82) is 0 Å². The molecule has 0 aliphatic rings. The smallest absolute Gasteiger partial charge is 0.202 e. The molecule has 0 unspecified atom stereocenters. The van der Waals surface area contributed by atoms with Gasteiger partial charge in [0.2, 0.25) is 5.12 Å². The molecular weight excluding hydrogens is 122 g/mol. The molecule has 0 spiro atoms. The highest BCUT2D eigenvalue weighted by atomic mass is 32.2. The van der Waals surface area contributed by atoms with Crippen LogP contribution in [0.15, 0.2) is 0 Å². The zero-order chi connectivity index (χ0) is 6.57. The van der Waals surface area contributed by atoms with Crippen molar-refractivity contribution in [3.05, 3.63) is 6.26 Å². The van der Waals surface area contributed by atoms with E-state index in [1.54, 1.807) is 0 Å². The first-order valence-electron chi connectivity index (χ1n) is 2.26. The van der Waals surface area contributed by atoms with E-state index in [1.807, 2.05) is 19.0 Å². The summed E-state index contributed by atoms with van der Waals surface area (Å²) in [4.78, 5) is 12.3.